The maximum atomic E-state index is 13.8. The summed E-state index contributed by atoms with van der Waals surface area (Å²) in [6, 6.07) is 7.13. The first-order chi connectivity index (χ1) is 10.1. The van der Waals surface area contributed by atoms with Crippen molar-refractivity contribution in [2.24, 2.45) is 0 Å². The van der Waals surface area contributed by atoms with Gasteiger partial charge in [0.2, 0.25) is 5.88 Å². The van der Waals surface area contributed by atoms with Crippen molar-refractivity contribution in [3.8, 4) is 11.6 Å². The van der Waals surface area contributed by atoms with Crippen molar-refractivity contribution >= 4 is 40.5 Å². The Kier molecular flexibility index (Phi) is 4.65. The van der Waals surface area contributed by atoms with Crippen LogP contribution in [-0.4, -0.2) is 10.4 Å². The molecule has 0 amide bonds. The maximum Gasteiger partial charge on any atom is 0.373 e. The fourth-order valence-corrected chi connectivity index (χ4v) is 1.90. The maximum absolute atomic E-state index is 13.8. The zero-order chi connectivity index (χ0) is 16.5. The molecule has 0 fully saturated rings. The number of nitrogens with zero attached hydrogens (tertiary/aromatic N) is 1. The molecule has 0 spiro atoms. The van der Waals surface area contributed by atoms with Crippen molar-refractivity contribution in [2.75, 3.05) is 5.73 Å². The quantitative estimate of drug-likeness (QED) is 0.586. The molecule has 1 heterocycles. The molecule has 0 saturated carbocycles. The average Bonchev–Trinajstić information content (AvgIpc) is 2.42. The first-order valence-electron chi connectivity index (χ1n) is 5.75. The van der Waals surface area contributed by atoms with Crippen LogP contribution in [0.2, 0.25) is 5.02 Å². The summed E-state index contributed by atoms with van der Waals surface area (Å²) in [6.45, 7) is 0. The predicted octanol–water partition coefficient (Wildman–Crippen LogP) is 5.30. The summed E-state index contributed by atoms with van der Waals surface area (Å²) in [4.78, 5) is 3.67. The zero-order valence-corrected chi connectivity index (χ0v) is 12.9. The molecule has 22 heavy (non-hydrogen) atoms. The van der Waals surface area contributed by atoms with Gasteiger partial charge in [-0.15, -0.1) is 0 Å². The number of alkyl halides is 5. The fraction of sp³-hybridized carbons (Fsp3) is 0.154. The molecule has 2 aromatic rings. The van der Waals surface area contributed by atoms with Gasteiger partial charge in [0.25, 0.3) is 5.13 Å². The van der Waals surface area contributed by atoms with Crippen molar-refractivity contribution in [3.05, 3.63) is 47.1 Å². The first kappa shape index (κ1) is 17.0. The van der Waals surface area contributed by atoms with Crippen molar-refractivity contribution < 1.29 is 17.9 Å². The van der Waals surface area contributed by atoms with Crippen LogP contribution in [0.1, 0.15) is 5.56 Å². The molecule has 118 valence electrons. The number of nitrogens with two attached hydrogens (primary N) is 1. The number of aromatic nitrogens is 1. The molecule has 1 atom stereocenters. The second-order valence-electron chi connectivity index (χ2n) is 4.25. The molecule has 0 aliphatic carbocycles. The van der Waals surface area contributed by atoms with E-state index in [4.69, 9.17) is 33.7 Å². The van der Waals surface area contributed by atoms with Crippen LogP contribution in [0.25, 0.3) is 0 Å². The minimum absolute atomic E-state index is 0.111. The standard InChI is InChI=1S/C13H8Cl3F3N2O/c14-10-5-7(12(15,17)13(16,18)19)6-21-11(10)22-9-3-1-8(20)2-4-9/h1-6H,20H2. The predicted molar refractivity (Wildman–Crippen MR) is 79.6 cm³/mol. The van der Waals surface area contributed by atoms with Crippen LogP contribution in [-0.2, 0) is 5.13 Å². The summed E-state index contributed by atoms with van der Waals surface area (Å²) in [5, 5.41) is -8.19. The van der Waals surface area contributed by atoms with Crippen molar-refractivity contribution in [2.45, 2.75) is 10.5 Å². The lowest BCUT2D eigenvalue weighted by Crippen LogP contribution is -2.31. The molecule has 1 aromatic heterocycles. The van der Waals surface area contributed by atoms with Crippen molar-refractivity contribution in [1.82, 2.24) is 4.98 Å². The normalized spacial score (nSPS) is 14.5. The Labute approximate surface area is 138 Å². The van der Waals surface area contributed by atoms with Gasteiger partial charge in [0.05, 0.1) is 0 Å². The van der Waals surface area contributed by atoms with Crippen LogP contribution in [0.5, 0.6) is 11.6 Å². The van der Waals surface area contributed by atoms with E-state index in [9.17, 15) is 13.2 Å². The molecule has 0 saturated heterocycles. The lowest BCUT2D eigenvalue weighted by atomic mass is 10.2. The Morgan fingerprint density at radius 1 is 1.09 bits per heavy atom. The largest absolute Gasteiger partial charge is 0.438 e. The number of pyridine rings is 1. The van der Waals surface area contributed by atoms with Gasteiger partial charge in [0.1, 0.15) is 10.8 Å². The summed E-state index contributed by atoms with van der Waals surface area (Å²) in [5.74, 6) is 0.247. The third kappa shape index (κ3) is 3.51. The molecule has 1 unspecified atom stereocenters. The van der Waals surface area contributed by atoms with Gasteiger partial charge in [-0.05, 0) is 41.9 Å². The van der Waals surface area contributed by atoms with E-state index in [-0.39, 0.29) is 10.9 Å². The van der Waals surface area contributed by atoms with Gasteiger partial charge in [-0.2, -0.15) is 8.78 Å². The molecule has 9 heteroatoms. The van der Waals surface area contributed by atoms with Gasteiger partial charge >= 0.3 is 5.38 Å². The van der Waals surface area contributed by atoms with E-state index in [1.165, 1.54) is 0 Å². The summed E-state index contributed by atoms with van der Waals surface area (Å²) in [7, 11) is 0. The Morgan fingerprint density at radius 2 is 1.68 bits per heavy atom. The van der Waals surface area contributed by atoms with Gasteiger partial charge in [0.15, 0.2) is 0 Å². The average molecular weight is 372 g/mol. The van der Waals surface area contributed by atoms with Crippen LogP contribution >= 0.6 is 34.8 Å². The SMILES string of the molecule is Nc1ccc(Oc2ncc(C(F)(Cl)C(F)(F)Cl)cc2Cl)cc1. The molecule has 2 N–H and O–H groups in total. The summed E-state index contributed by atoms with van der Waals surface area (Å²) in [5.41, 5.74) is 5.35. The first-order valence-corrected chi connectivity index (χ1v) is 6.88. The highest BCUT2D eigenvalue weighted by atomic mass is 35.5. The molecular formula is C13H8Cl3F3N2O. The molecule has 2 rings (SSSR count). The third-order valence-electron chi connectivity index (χ3n) is 2.62. The summed E-state index contributed by atoms with van der Waals surface area (Å²) >= 11 is 15.6. The van der Waals surface area contributed by atoms with Crippen LogP contribution in [0, 0.1) is 0 Å². The minimum atomic E-state index is -4.33. The number of halogens is 6. The van der Waals surface area contributed by atoms with E-state index in [0.717, 1.165) is 12.3 Å². The van der Waals surface area contributed by atoms with Gasteiger partial charge in [-0.3, -0.25) is 0 Å². The van der Waals surface area contributed by atoms with Crippen molar-refractivity contribution in [1.29, 1.82) is 0 Å². The Morgan fingerprint density at radius 3 is 2.18 bits per heavy atom. The highest BCUT2D eigenvalue weighted by Crippen LogP contribution is 2.48. The molecule has 0 radical (unpaired) electrons. The lowest BCUT2D eigenvalue weighted by molar-refractivity contribution is -0.0227. The molecule has 3 nitrogen and oxygen atoms in total. The third-order valence-corrected chi connectivity index (χ3v) is 3.70. The topological polar surface area (TPSA) is 48.1 Å². The Balaban J connectivity index is 2.29. The fourth-order valence-electron chi connectivity index (χ4n) is 1.48. The molecule has 1 aromatic carbocycles. The van der Waals surface area contributed by atoms with Crippen LogP contribution < -0.4 is 10.5 Å². The van der Waals surface area contributed by atoms with Gasteiger partial charge in [-0.25, -0.2) is 9.37 Å². The second-order valence-corrected chi connectivity index (χ2v) is 5.66. The Hall–Kier alpha value is -1.37. The number of ether oxygens (including phenoxy) is 1. The molecule has 0 aliphatic heterocycles. The Bertz CT molecular complexity index is 675. The van der Waals surface area contributed by atoms with E-state index in [0.29, 0.717) is 11.4 Å². The van der Waals surface area contributed by atoms with Crippen LogP contribution in [0.4, 0.5) is 18.9 Å². The van der Waals surface area contributed by atoms with E-state index in [1.54, 1.807) is 24.3 Å². The molecule has 0 bridgehead atoms. The van der Waals surface area contributed by atoms with Gasteiger partial charge < -0.3 is 10.5 Å². The lowest BCUT2D eigenvalue weighted by Gasteiger charge is -2.23. The number of nitrogen functional groups attached to an aromatic ring is 1. The van der Waals surface area contributed by atoms with Crippen molar-refractivity contribution in [3.63, 3.8) is 0 Å². The van der Waals surface area contributed by atoms with E-state index in [1.807, 2.05) is 0 Å². The van der Waals surface area contributed by atoms with Crippen LogP contribution in [0.15, 0.2) is 36.5 Å². The van der Waals surface area contributed by atoms with Gasteiger partial charge in [0, 0.05) is 17.4 Å². The van der Waals surface area contributed by atoms with Gasteiger partial charge in [-0.1, -0.05) is 23.2 Å². The van der Waals surface area contributed by atoms with Crippen LogP contribution in [0.3, 0.4) is 0 Å². The number of hydrogen-bond donors (Lipinski definition) is 1. The highest BCUT2D eigenvalue weighted by Gasteiger charge is 2.54. The monoisotopic (exact) mass is 370 g/mol. The minimum Gasteiger partial charge on any atom is -0.438 e. The van der Waals surface area contributed by atoms with E-state index in [2.05, 4.69) is 16.6 Å². The van der Waals surface area contributed by atoms with E-state index >= 15 is 0 Å². The smallest absolute Gasteiger partial charge is 0.373 e. The zero-order valence-electron chi connectivity index (χ0n) is 10.7. The number of benzene rings is 1. The molecule has 0 aliphatic rings. The number of rotatable bonds is 4. The second kappa shape index (κ2) is 6.02. The highest BCUT2D eigenvalue weighted by molar-refractivity contribution is 6.33. The number of anilines is 1. The molecular weight excluding hydrogens is 364 g/mol. The summed E-state index contributed by atoms with van der Waals surface area (Å²) in [6.07, 6.45) is 0.766. The summed E-state index contributed by atoms with van der Waals surface area (Å²) < 4.78 is 45.1. The number of hydrogen-bond acceptors (Lipinski definition) is 3. The van der Waals surface area contributed by atoms with E-state index < -0.39 is 16.1 Å².